The molecule has 0 fully saturated rings. The quantitative estimate of drug-likeness (QED) is 0.821. The summed E-state index contributed by atoms with van der Waals surface area (Å²) in [5.41, 5.74) is 0.957. The van der Waals surface area contributed by atoms with Crippen LogP contribution in [0.25, 0.3) is 0 Å². The van der Waals surface area contributed by atoms with Crippen LogP contribution in [-0.4, -0.2) is 12.5 Å². The van der Waals surface area contributed by atoms with E-state index in [1.165, 1.54) is 11.3 Å². The fourth-order valence-electron chi connectivity index (χ4n) is 1.44. The highest BCUT2D eigenvalue weighted by atomic mass is 32.1. The van der Waals surface area contributed by atoms with Gasteiger partial charge in [-0.3, -0.25) is 4.79 Å². The molecule has 1 aromatic carbocycles. The Hall–Kier alpha value is -2.05. The second-order valence-electron chi connectivity index (χ2n) is 3.76. The zero-order chi connectivity index (χ0) is 12.8. The van der Waals surface area contributed by atoms with Crippen LogP contribution < -0.4 is 5.32 Å². The average molecular weight is 255 g/mol. The number of amides is 1. The van der Waals surface area contributed by atoms with Gasteiger partial charge in [0, 0.05) is 10.4 Å². The SMILES string of the molecule is Cc1ccc(C(=O)NCC#Cc2ccccc2)s1. The van der Waals surface area contributed by atoms with Gasteiger partial charge in [-0.2, -0.15) is 0 Å². The molecule has 2 aromatic rings. The number of carbonyl (C=O) groups is 1. The van der Waals surface area contributed by atoms with Gasteiger partial charge in [-0.1, -0.05) is 30.0 Å². The lowest BCUT2D eigenvalue weighted by molar-refractivity contribution is 0.0962. The Bertz CT molecular complexity index is 590. The van der Waals surface area contributed by atoms with Crippen LogP contribution in [0.5, 0.6) is 0 Å². The van der Waals surface area contributed by atoms with Gasteiger partial charge in [0.15, 0.2) is 0 Å². The van der Waals surface area contributed by atoms with Crippen molar-refractivity contribution in [3.05, 3.63) is 57.8 Å². The molecule has 0 bridgehead atoms. The summed E-state index contributed by atoms with van der Waals surface area (Å²) in [6.45, 7) is 2.35. The molecule has 18 heavy (non-hydrogen) atoms. The van der Waals surface area contributed by atoms with Gasteiger partial charge in [0.2, 0.25) is 0 Å². The molecule has 0 aliphatic heterocycles. The molecular weight excluding hydrogens is 242 g/mol. The van der Waals surface area contributed by atoms with Crippen molar-refractivity contribution in [1.82, 2.24) is 5.32 Å². The normalized spacial score (nSPS) is 9.39. The Morgan fingerprint density at radius 3 is 2.67 bits per heavy atom. The standard InChI is InChI=1S/C15H13NOS/c1-12-9-10-14(18-12)15(17)16-11-5-8-13-6-3-2-4-7-13/h2-4,6-7,9-10H,11H2,1H3,(H,16,17). The van der Waals surface area contributed by atoms with Gasteiger partial charge in [0.1, 0.15) is 0 Å². The molecule has 1 N–H and O–H groups in total. The topological polar surface area (TPSA) is 29.1 Å². The Morgan fingerprint density at radius 1 is 1.22 bits per heavy atom. The third kappa shape index (κ3) is 3.47. The number of hydrogen-bond acceptors (Lipinski definition) is 2. The van der Waals surface area contributed by atoms with E-state index in [1.807, 2.05) is 49.4 Å². The Labute approximate surface area is 111 Å². The van der Waals surface area contributed by atoms with E-state index in [9.17, 15) is 4.79 Å². The third-order valence-electron chi connectivity index (χ3n) is 2.31. The number of rotatable bonds is 2. The molecule has 0 spiro atoms. The molecule has 0 saturated carbocycles. The molecule has 0 atom stereocenters. The minimum Gasteiger partial charge on any atom is -0.340 e. The number of benzene rings is 1. The first-order chi connectivity index (χ1) is 8.75. The fourth-order valence-corrected chi connectivity index (χ4v) is 2.22. The number of thiophene rings is 1. The van der Waals surface area contributed by atoms with Crippen LogP contribution in [0, 0.1) is 18.8 Å². The zero-order valence-corrected chi connectivity index (χ0v) is 10.9. The molecule has 3 heteroatoms. The van der Waals surface area contributed by atoms with E-state index in [4.69, 9.17) is 0 Å². The van der Waals surface area contributed by atoms with E-state index < -0.39 is 0 Å². The summed E-state index contributed by atoms with van der Waals surface area (Å²) in [5, 5.41) is 2.78. The molecule has 0 saturated heterocycles. The number of aryl methyl sites for hydroxylation is 1. The van der Waals surface area contributed by atoms with Crippen LogP contribution in [0.3, 0.4) is 0 Å². The second kappa shape index (κ2) is 6.04. The van der Waals surface area contributed by atoms with Crippen LogP contribution in [0.15, 0.2) is 42.5 Å². The maximum atomic E-state index is 11.7. The average Bonchev–Trinajstić information content (AvgIpc) is 2.82. The van der Waals surface area contributed by atoms with Crippen LogP contribution in [0.4, 0.5) is 0 Å². The minimum absolute atomic E-state index is 0.0598. The predicted octanol–water partition coefficient (Wildman–Crippen LogP) is 2.84. The van der Waals surface area contributed by atoms with Gasteiger partial charge in [-0.05, 0) is 31.2 Å². The van der Waals surface area contributed by atoms with Gasteiger partial charge in [0.25, 0.3) is 5.91 Å². The molecule has 0 unspecified atom stereocenters. The van der Waals surface area contributed by atoms with Gasteiger partial charge >= 0.3 is 0 Å². The summed E-state index contributed by atoms with van der Waals surface area (Å²) in [6, 6.07) is 13.5. The van der Waals surface area contributed by atoms with Crippen molar-refractivity contribution in [2.75, 3.05) is 6.54 Å². The van der Waals surface area contributed by atoms with E-state index in [0.717, 1.165) is 15.3 Å². The molecule has 2 rings (SSSR count). The first kappa shape index (κ1) is 12.4. The van der Waals surface area contributed by atoms with E-state index in [2.05, 4.69) is 17.2 Å². The Balaban J connectivity index is 1.86. The number of hydrogen-bond donors (Lipinski definition) is 1. The highest BCUT2D eigenvalue weighted by Crippen LogP contribution is 2.14. The highest BCUT2D eigenvalue weighted by molar-refractivity contribution is 7.13. The maximum Gasteiger partial charge on any atom is 0.262 e. The summed E-state index contributed by atoms with van der Waals surface area (Å²) in [4.78, 5) is 13.6. The van der Waals surface area contributed by atoms with E-state index in [-0.39, 0.29) is 5.91 Å². The van der Waals surface area contributed by atoms with Gasteiger partial charge in [-0.15, -0.1) is 11.3 Å². The van der Waals surface area contributed by atoms with Crippen LogP contribution in [-0.2, 0) is 0 Å². The molecule has 1 heterocycles. The van der Waals surface area contributed by atoms with Crippen molar-refractivity contribution >= 4 is 17.2 Å². The predicted molar refractivity (Wildman–Crippen MR) is 74.7 cm³/mol. The smallest absolute Gasteiger partial charge is 0.262 e. The first-order valence-electron chi connectivity index (χ1n) is 5.64. The van der Waals surface area contributed by atoms with Crippen LogP contribution >= 0.6 is 11.3 Å². The Morgan fingerprint density at radius 2 is 2.00 bits per heavy atom. The van der Waals surface area contributed by atoms with Crippen LogP contribution in [0.1, 0.15) is 20.1 Å². The Kier molecular flexibility index (Phi) is 4.16. The van der Waals surface area contributed by atoms with E-state index >= 15 is 0 Å². The maximum absolute atomic E-state index is 11.7. The summed E-state index contributed by atoms with van der Waals surface area (Å²) >= 11 is 1.49. The second-order valence-corrected chi connectivity index (χ2v) is 5.05. The number of nitrogens with one attached hydrogen (secondary N) is 1. The van der Waals surface area contributed by atoms with Crippen molar-refractivity contribution in [2.45, 2.75) is 6.92 Å². The molecule has 1 amide bonds. The number of carbonyl (C=O) groups excluding carboxylic acids is 1. The van der Waals surface area contributed by atoms with E-state index in [0.29, 0.717) is 6.54 Å². The van der Waals surface area contributed by atoms with E-state index in [1.54, 1.807) is 0 Å². The zero-order valence-electron chi connectivity index (χ0n) is 10.1. The van der Waals surface area contributed by atoms with Crippen molar-refractivity contribution in [3.8, 4) is 11.8 Å². The van der Waals surface area contributed by atoms with Crippen molar-refractivity contribution in [1.29, 1.82) is 0 Å². The van der Waals surface area contributed by atoms with Crippen molar-refractivity contribution in [3.63, 3.8) is 0 Å². The molecule has 2 nitrogen and oxygen atoms in total. The molecule has 90 valence electrons. The lowest BCUT2D eigenvalue weighted by Crippen LogP contribution is -2.22. The largest absolute Gasteiger partial charge is 0.340 e. The summed E-state index contributed by atoms with van der Waals surface area (Å²) in [6.07, 6.45) is 0. The third-order valence-corrected chi connectivity index (χ3v) is 3.31. The van der Waals surface area contributed by atoms with Gasteiger partial charge in [-0.25, -0.2) is 0 Å². The minimum atomic E-state index is -0.0598. The van der Waals surface area contributed by atoms with Crippen molar-refractivity contribution < 1.29 is 4.79 Å². The molecule has 0 aliphatic carbocycles. The summed E-state index contributed by atoms with van der Waals surface area (Å²) in [7, 11) is 0. The monoisotopic (exact) mass is 255 g/mol. The van der Waals surface area contributed by atoms with Gasteiger partial charge < -0.3 is 5.32 Å². The fraction of sp³-hybridized carbons (Fsp3) is 0.133. The summed E-state index contributed by atoms with van der Waals surface area (Å²) in [5.74, 6) is 5.87. The van der Waals surface area contributed by atoms with Gasteiger partial charge in [0.05, 0.1) is 11.4 Å². The first-order valence-corrected chi connectivity index (χ1v) is 6.46. The molecular formula is C15H13NOS. The highest BCUT2D eigenvalue weighted by Gasteiger charge is 2.05. The molecule has 0 aliphatic rings. The molecule has 0 radical (unpaired) electrons. The molecule has 1 aromatic heterocycles. The lowest BCUT2D eigenvalue weighted by Gasteiger charge is -1.96. The van der Waals surface area contributed by atoms with Crippen molar-refractivity contribution in [2.24, 2.45) is 0 Å². The van der Waals surface area contributed by atoms with Crippen LogP contribution in [0.2, 0.25) is 0 Å². The lowest BCUT2D eigenvalue weighted by atomic mass is 10.2. The summed E-state index contributed by atoms with van der Waals surface area (Å²) < 4.78 is 0.